The first-order valence-corrected chi connectivity index (χ1v) is 7.45. The van der Waals surface area contributed by atoms with E-state index in [-0.39, 0.29) is 12.2 Å². The molecule has 1 aliphatic heterocycles. The van der Waals surface area contributed by atoms with Gasteiger partial charge in [0.05, 0.1) is 30.0 Å². The highest BCUT2D eigenvalue weighted by atomic mass is 32.1. The molecular formula is C13H20N2O2S. The summed E-state index contributed by atoms with van der Waals surface area (Å²) in [4.78, 5) is 8.27. The normalized spacial score (nSPS) is 32.7. The number of methoxy groups -OCH3 is 1. The summed E-state index contributed by atoms with van der Waals surface area (Å²) in [7, 11) is 1.79. The standard InChI is InChI=1S/C13H20N2O2S/c1-9-12(18-8-14-9)7-15-5-6-17-13-10(15)3-4-11(13)16-2/h8,10-11,13H,3-7H2,1-2H3/t10-,11-,13+/m0/s1. The highest BCUT2D eigenvalue weighted by Crippen LogP contribution is 2.33. The summed E-state index contributed by atoms with van der Waals surface area (Å²) in [5.74, 6) is 0. The summed E-state index contributed by atoms with van der Waals surface area (Å²) in [6.07, 6.45) is 2.84. The van der Waals surface area contributed by atoms with Gasteiger partial charge in [-0.3, -0.25) is 4.90 Å². The van der Waals surface area contributed by atoms with Gasteiger partial charge in [0.2, 0.25) is 0 Å². The van der Waals surface area contributed by atoms with Crippen LogP contribution in [0.2, 0.25) is 0 Å². The van der Waals surface area contributed by atoms with Gasteiger partial charge in [0.25, 0.3) is 0 Å². The molecule has 2 aliphatic rings. The fraction of sp³-hybridized carbons (Fsp3) is 0.769. The summed E-state index contributed by atoms with van der Waals surface area (Å²) in [5, 5.41) is 0. The van der Waals surface area contributed by atoms with Gasteiger partial charge < -0.3 is 9.47 Å². The number of ether oxygens (including phenoxy) is 2. The lowest BCUT2D eigenvalue weighted by atomic mass is 10.1. The number of thiazole rings is 1. The molecule has 18 heavy (non-hydrogen) atoms. The molecule has 3 atom stereocenters. The van der Waals surface area contributed by atoms with E-state index in [0.29, 0.717) is 6.04 Å². The van der Waals surface area contributed by atoms with E-state index in [1.54, 1.807) is 18.4 Å². The largest absolute Gasteiger partial charge is 0.379 e. The van der Waals surface area contributed by atoms with Crippen molar-refractivity contribution in [1.82, 2.24) is 9.88 Å². The summed E-state index contributed by atoms with van der Waals surface area (Å²) in [5.41, 5.74) is 3.11. The number of morpholine rings is 1. The molecule has 0 radical (unpaired) electrons. The van der Waals surface area contributed by atoms with Crippen LogP contribution in [0.1, 0.15) is 23.4 Å². The maximum absolute atomic E-state index is 5.91. The molecular weight excluding hydrogens is 248 g/mol. The van der Waals surface area contributed by atoms with Gasteiger partial charge in [0.1, 0.15) is 0 Å². The molecule has 0 aromatic carbocycles. The molecule has 4 nitrogen and oxygen atoms in total. The maximum atomic E-state index is 5.91. The minimum absolute atomic E-state index is 0.261. The van der Waals surface area contributed by atoms with Crippen molar-refractivity contribution in [3.63, 3.8) is 0 Å². The molecule has 1 saturated heterocycles. The Morgan fingerprint density at radius 2 is 2.44 bits per heavy atom. The Morgan fingerprint density at radius 3 is 3.17 bits per heavy atom. The van der Waals surface area contributed by atoms with Gasteiger partial charge >= 0.3 is 0 Å². The number of aryl methyl sites for hydroxylation is 1. The lowest BCUT2D eigenvalue weighted by Crippen LogP contribution is -2.51. The van der Waals surface area contributed by atoms with Gasteiger partial charge in [0, 0.05) is 31.1 Å². The zero-order valence-corrected chi connectivity index (χ0v) is 11.8. The van der Waals surface area contributed by atoms with Gasteiger partial charge in [-0.15, -0.1) is 11.3 Å². The quantitative estimate of drug-likeness (QED) is 0.837. The van der Waals surface area contributed by atoms with Crippen LogP contribution in [-0.4, -0.2) is 48.4 Å². The van der Waals surface area contributed by atoms with E-state index < -0.39 is 0 Å². The second-order valence-electron chi connectivity index (χ2n) is 5.09. The average Bonchev–Trinajstić information content (AvgIpc) is 2.97. The lowest BCUT2D eigenvalue weighted by molar-refractivity contribution is -0.106. The van der Waals surface area contributed by atoms with Crippen molar-refractivity contribution in [2.24, 2.45) is 0 Å². The first-order chi connectivity index (χ1) is 8.79. The fourth-order valence-corrected chi connectivity index (χ4v) is 3.90. The van der Waals surface area contributed by atoms with Gasteiger partial charge in [-0.25, -0.2) is 4.98 Å². The van der Waals surface area contributed by atoms with Crippen LogP contribution in [0.5, 0.6) is 0 Å². The van der Waals surface area contributed by atoms with E-state index in [4.69, 9.17) is 9.47 Å². The van der Waals surface area contributed by atoms with Gasteiger partial charge in [0.15, 0.2) is 0 Å². The molecule has 3 rings (SSSR count). The van der Waals surface area contributed by atoms with Crippen molar-refractivity contribution in [2.45, 2.75) is 44.6 Å². The summed E-state index contributed by atoms with van der Waals surface area (Å²) >= 11 is 1.76. The molecule has 1 aromatic rings. The van der Waals surface area contributed by atoms with Crippen molar-refractivity contribution in [3.8, 4) is 0 Å². The molecule has 5 heteroatoms. The Morgan fingerprint density at radius 1 is 1.56 bits per heavy atom. The number of hydrogen-bond donors (Lipinski definition) is 0. The summed E-state index contributed by atoms with van der Waals surface area (Å²) in [6.45, 7) is 4.95. The van der Waals surface area contributed by atoms with Crippen molar-refractivity contribution >= 4 is 11.3 Å². The average molecular weight is 268 g/mol. The van der Waals surface area contributed by atoms with Crippen molar-refractivity contribution in [1.29, 1.82) is 0 Å². The van der Waals surface area contributed by atoms with Crippen LogP contribution in [0.3, 0.4) is 0 Å². The Kier molecular flexibility index (Phi) is 3.66. The fourth-order valence-electron chi connectivity index (χ4n) is 3.10. The summed E-state index contributed by atoms with van der Waals surface area (Å²) in [6, 6.07) is 0.519. The van der Waals surface area contributed by atoms with Crippen molar-refractivity contribution in [2.75, 3.05) is 20.3 Å². The van der Waals surface area contributed by atoms with Crippen LogP contribution >= 0.6 is 11.3 Å². The number of rotatable bonds is 3. The van der Waals surface area contributed by atoms with E-state index in [9.17, 15) is 0 Å². The Bertz CT molecular complexity index is 409. The third-order valence-corrected chi connectivity index (χ3v) is 5.06. The van der Waals surface area contributed by atoms with E-state index in [1.807, 2.05) is 5.51 Å². The third kappa shape index (κ3) is 2.20. The van der Waals surface area contributed by atoms with Crippen LogP contribution in [0, 0.1) is 6.92 Å². The molecule has 2 heterocycles. The molecule has 0 amide bonds. The molecule has 0 spiro atoms. The first-order valence-electron chi connectivity index (χ1n) is 6.57. The van der Waals surface area contributed by atoms with Crippen LogP contribution in [-0.2, 0) is 16.0 Å². The van der Waals surface area contributed by atoms with Crippen LogP contribution in [0.25, 0.3) is 0 Å². The number of fused-ring (bicyclic) bond motifs is 1. The van der Waals surface area contributed by atoms with E-state index in [2.05, 4.69) is 16.8 Å². The van der Waals surface area contributed by atoms with Crippen LogP contribution in [0.4, 0.5) is 0 Å². The predicted molar refractivity (Wildman–Crippen MR) is 70.8 cm³/mol. The zero-order chi connectivity index (χ0) is 12.5. The topological polar surface area (TPSA) is 34.6 Å². The van der Waals surface area contributed by atoms with Crippen molar-refractivity contribution < 1.29 is 9.47 Å². The molecule has 2 fully saturated rings. The van der Waals surface area contributed by atoms with Crippen LogP contribution in [0.15, 0.2) is 5.51 Å². The van der Waals surface area contributed by atoms with Gasteiger partial charge in [-0.2, -0.15) is 0 Å². The predicted octanol–water partition coefficient (Wildman–Crippen LogP) is 1.83. The highest BCUT2D eigenvalue weighted by Gasteiger charge is 2.42. The Labute approximate surface area is 112 Å². The first kappa shape index (κ1) is 12.5. The molecule has 0 unspecified atom stereocenters. The second kappa shape index (κ2) is 5.25. The Balaban J connectivity index is 1.71. The maximum Gasteiger partial charge on any atom is 0.0991 e. The monoisotopic (exact) mass is 268 g/mol. The molecule has 100 valence electrons. The summed E-state index contributed by atoms with van der Waals surface area (Å²) < 4.78 is 11.4. The van der Waals surface area contributed by atoms with E-state index >= 15 is 0 Å². The highest BCUT2D eigenvalue weighted by molar-refractivity contribution is 7.09. The Hall–Kier alpha value is -0.490. The second-order valence-corrected chi connectivity index (χ2v) is 6.03. The number of nitrogens with zero attached hydrogens (tertiary/aromatic N) is 2. The van der Waals surface area contributed by atoms with Crippen LogP contribution < -0.4 is 0 Å². The van der Waals surface area contributed by atoms with Crippen molar-refractivity contribution in [3.05, 3.63) is 16.1 Å². The molecule has 0 N–H and O–H groups in total. The third-order valence-electron chi connectivity index (χ3n) is 4.14. The molecule has 1 aromatic heterocycles. The van der Waals surface area contributed by atoms with E-state index in [1.165, 1.54) is 17.0 Å². The molecule has 1 saturated carbocycles. The minimum atomic E-state index is 0.261. The van der Waals surface area contributed by atoms with Gasteiger partial charge in [-0.1, -0.05) is 0 Å². The minimum Gasteiger partial charge on any atom is -0.379 e. The van der Waals surface area contributed by atoms with Gasteiger partial charge in [-0.05, 0) is 19.8 Å². The SMILES string of the molecule is CO[C@H]1CC[C@H]2[C@H]1OCCN2Cc1scnc1C. The van der Waals surface area contributed by atoms with E-state index in [0.717, 1.165) is 26.1 Å². The number of aromatic nitrogens is 1. The zero-order valence-electron chi connectivity index (χ0n) is 11.0. The molecule has 0 bridgehead atoms. The smallest absolute Gasteiger partial charge is 0.0991 e. The number of hydrogen-bond acceptors (Lipinski definition) is 5. The lowest BCUT2D eigenvalue weighted by Gasteiger charge is -2.38. The molecule has 1 aliphatic carbocycles.